The highest BCUT2D eigenvalue weighted by atomic mass is 35.5. The molecule has 3 heteroatoms. The molecule has 1 heterocycles. The van der Waals surface area contributed by atoms with Gasteiger partial charge in [-0.15, -0.1) is 0 Å². The van der Waals surface area contributed by atoms with E-state index in [1.807, 2.05) is 18.2 Å². The molecular weight excluding hydrogens is 232 g/mol. The van der Waals surface area contributed by atoms with E-state index in [4.69, 9.17) is 17.3 Å². The molecule has 1 atom stereocenters. The largest absolute Gasteiger partial charge is 0.327 e. The van der Waals surface area contributed by atoms with Gasteiger partial charge in [-0.3, -0.25) is 4.90 Å². The van der Waals surface area contributed by atoms with E-state index in [1.165, 1.54) is 5.56 Å². The van der Waals surface area contributed by atoms with Crippen LogP contribution in [-0.2, 0) is 6.54 Å². The summed E-state index contributed by atoms with van der Waals surface area (Å²) in [6, 6.07) is 8.36. The average Bonchev–Trinajstić information content (AvgIpc) is 2.27. The first-order valence-corrected chi connectivity index (χ1v) is 6.61. The minimum absolute atomic E-state index is 0.217. The Labute approximate surface area is 109 Å². The molecule has 0 bridgehead atoms. The summed E-state index contributed by atoms with van der Waals surface area (Å²) in [6.45, 7) is 6.42. The second kappa shape index (κ2) is 4.97. The highest BCUT2D eigenvalue weighted by Gasteiger charge is 2.32. The van der Waals surface area contributed by atoms with Crippen molar-refractivity contribution in [3.8, 4) is 0 Å². The molecular formula is C14H21ClN2. The van der Waals surface area contributed by atoms with Crippen molar-refractivity contribution < 1.29 is 0 Å². The molecule has 1 aliphatic heterocycles. The number of piperidine rings is 1. The summed E-state index contributed by atoms with van der Waals surface area (Å²) in [5.74, 6) is 0. The van der Waals surface area contributed by atoms with Crippen LogP contribution in [0.3, 0.4) is 0 Å². The molecule has 2 nitrogen and oxygen atoms in total. The molecule has 0 saturated carbocycles. The molecule has 1 aromatic carbocycles. The number of halogens is 1. The van der Waals surface area contributed by atoms with Gasteiger partial charge in [0.2, 0.25) is 0 Å². The SMILES string of the molecule is CC1(C)CCC(N)CN1Cc1ccccc1Cl. The first kappa shape index (κ1) is 12.9. The van der Waals surface area contributed by atoms with E-state index in [-0.39, 0.29) is 5.54 Å². The van der Waals surface area contributed by atoms with E-state index in [0.29, 0.717) is 6.04 Å². The van der Waals surface area contributed by atoms with Gasteiger partial charge in [0.25, 0.3) is 0 Å². The molecule has 0 amide bonds. The van der Waals surface area contributed by atoms with Gasteiger partial charge in [0, 0.05) is 29.7 Å². The molecule has 0 aliphatic carbocycles. The van der Waals surface area contributed by atoms with Gasteiger partial charge in [-0.2, -0.15) is 0 Å². The zero-order valence-electron chi connectivity index (χ0n) is 10.6. The molecule has 1 aromatic rings. The predicted octanol–water partition coefficient (Wildman–Crippen LogP) is 3.04. The van der Waals surface area contributed by atoms with Crippen LogP contribution in [0.5, 0.6) is 0 Å². The Balaban J connectivity index is 2.14. The highest BCUT2D eigenvalue weighted by Crippen LogP contribution is 2.29. The third-order valence-electron chi connectivity index (χ3n) is 3.76. The summed E-state index contributed by atoms with van der Waals surface area (Å²) in [4.78, 5) is 2.45. The molecule has 2 N–H and O–H groups in total. The molecule has 17 heavy (non-hydrogen) atoms. The normalized spacial score (nSPS) is 24.8. The lowest BCUT2D eigenvalue weighted by atomic mass is 9.88. The van der Waals surface area contributed by atoms with Crippen LogP contribution in [0.1, 0.15) is 32.3 Å². The van der Waals surface area contributed by atoms with Gasteiger partial charge < -0.3 is 5.73 Å². The van der Waals surface area contributed by atoms with Crippen molar-refractivity contribution in [1.29, 1.82) is 0 Å². The number of likely N-dealkylation sites (tertiary alicyclic amines) is 1. The molecule has 2 rings (SSSR count). The highest BCUT2D eigenvalue weighted by molar-refractivity contribution is 6.31. The fourth-order valence-corrected chi connectivity index (χ4v) is 2.62. The summed E-state index contributed by atoms with van der Waals surface area (Å²) < 4.78 is 0. The minimum atomic E-state index is 0.217. The Bertz CT molecular complexity index is 390. The lowest BCUT2D eigenvalue weighted by Crippen LogP contribution is -2.53. The lowest BCUT2D eigenvalue weighted by Gasteiger charge is -2.45. The first-order valence-electron chi connectivity index (χ1n) is 6.23. The molecule has 1 unspecified atom stereocenters. The molecule has 0 spiro atoms. The maximum Gasteiger partial charge on any atom is 0.0451 e. The number of hydrogen-bond donors (Lipinski definition) is 1. The zero-order chi connectivity index (χ0) is 12.5. The summed E-state index contributed by atoms with van der Waals surface area (Å²) in [6.07, 6.45) is 2.27. The Kier molecular flexibility index (Phi) is 3.76. The number of rotatable bonds is 2. The number of hydrogen-bond acceptors (Lipinski definition) is 2. The quantitative estimate of drug-likeness (QED) is 0.877. The monoisotopic (exact) mass is 252 g/mol. The molecule has 1 aliphatic rings. The fraction of sp³-hybridized carbons (Fsp3) is 0.571. The Morgan fingerprint density at radius 2 is 2.12 bits per heavy atom. The molecule has 94 valence electrons. The predicted molar refractivity (Wildman–Crippen MR) is 73.2 cm³/mol. The van der Waals surface area contributed by atoms with Crippen LogP contribution in [0.15, 0.2) is 24.3 Å². The van der Waals surface area contributed by atoms with Crippen molar-refractivity contribution in [2.45, 2.75) is 44.8 Å². The number of nitrogens with two attached hydrogens (primary N) is 1. The summed E-state index contributed by atoms with van der Waals surface area (Å²) >= 11 is 6.22. The molecule has 1 fully saturated rings. The Morgan fingerprint density at radius 1 is 1.41 bits per heavy atom. The van der Waals surface area contributed by atoms with Crippen molar-refractivity contribution in [2.75, 3.05) is 6.54 Å². The molecule has 1 saturated heterocycles. The third-order valence-corrected chi connectivity index (χ3v) is 4.13. The standard InChI is InChI=1S/C14H21ClN2/c1-14(2)8-7-12(16)10-17(14)9-11-5-3-4-6-13(11)15/h3-6,12H,7-10,16H2,1-2H3. The van der Waals surface area contributed by atoms with E-state index >= 15 is 0 Å². The lowest BCUT2D eigenvalue weighted by molar-refractivity contribution is 0.0586. The van der Waals surface area contributed by atoms with Gasteiger partial charge in [-0.05, 0) is 38.3 Å². The van der Waals surface area contributed by atoms with Crippen LogP contribution in [-0.4, -0.2) is 23.0 Å². The number of benzene rings is 1. The van der Waals surface area contributed by atoms with Gasteiger partial charge in [0.05, 0.1) is 0 Å². The number of nitrogens with zero attached hydrogens (tertiary/aromatic N) is 1. The summed E-state index contributed by atoms with van der Waals surface area (Å²) in [5.41, 5.74) is 7.47. The van der Waals surface area contributed by atoms with Crippen molar-refractivity contribution in [3.05, 3.63) is 34.9 Å². The summed E-state index contributed by atoms with van der Waals surface area (Å²) in [5, 5.41) is 0.849. The van der Waals surface area contributed by atoms with Crippen molar-refractivity contribution >= 4 is 11.6 Å². The second-order valence-corrected chi connectivity index (χ2v) is 5.99. The van der Waals surface area contributed by atoms with Gasteiger partial charge in [-0.1, -0.05) is 29.8 Å². The van der Waals surface area contributed by atoms with Crippen molar-refractivity contribution in [1.82, 2.24) is 4.90 Å². The van der Waals surface area contributed by atoms with Crippen LogP contribution < -0.4 is 5.73 Å². The van der Waals surface area contributed by atoms with E-state index in [2.05, 4.69) is 24.8 Å². The van der Waals surface area contributed by atoms with Crippen LogP contribution in [0.25, 0.3) is 0 Å². The van der Waals surface area contributed by atoms with Crippen LogP contribution >= 0.6 is 11.6 Å². The maximum absolute atomic E-state index is 6.22. The van der Waals surface area contributed by atoms with Gasteiger partial charge in [0.1, 0.15) is 0 Å². The van der Waals surface area contributed by atoms with E-state index in [1.54, 1.807) is 0 Å². The smallest absolute Gasteiger partial charge is 0.0451 e. The van der Waals surface area contributed by atoms with E-state index in [0.717, 1.165) is 31.0 Å². The third kappa shape index (κ3) is 3.01. The van der Waals surface area contributed by atoms with Crippen LogP contribution in [0.2, 0.25) is 5.02 Å². The minimum Gasteiger partial charge on any atom is -0.327 e. The maximum atomic E-state index is 6.22. The summed E-state index contributed by atoms with van der Waals surface area (Å²) in [7, 11) is 0. The molecule has 0 radical (unpaired) electrons. The van der Waals surface area contributed by atoms with Gasteiger partial charge >= 0.3 is 0 Å². The van der Waals surface area contributed by atoms with Crippen LogP contribution in [0.4, 0.5) is 0 Å². The first-order chi connectivity index (χ1) is 7.99. The molecule has 0 aromatic heterocycles. The van der Waals surface area contributed by atoms with Crippen molar-refractivity contribution in [2.24, 2.45) is 5.73 Å². The zero-order valence-corrected chi connectivity index (χ0v) is 11.4. The van der Waals surface area contributed by atoms with Gasteiger partial charge in [-0.25, -0.2) is 0 Å². The van der Waals surface area contributed by atoms with Crippen LogP contribution in [0, 0.1) is 0 Å². The topological polar surface area (TPSA) is 29.3 Å². The van der Waals surface area contributed by atoms with Gasteiger partial charge in [0.15, 0.2) is 0 Å². The Hall–Kier alpha value is -0.570. The fourth-order valence-electron chi connectivity index (χ4n) is 2.43. The van der Waals surface area contributed by atoms with E-state index < -0.39 is 0 Å². The Morgan fingerprint density at radius 3 is 2.82 bits per heavy atom. The van der Waals surface area contributed by atoms with E-state index in [9.17, 15) is 0 Å². The van der Waals surface area contributed by atoms with Crippen molar-refractivity contribution in [3.63, 3.8) is 0 Å². The second-order valence-electron chi connectivity index (χ2n) is 5.58. The average molecular weight is 253 g/mol.